The SMILES string of the molecule is CC1C=C(c2ccccc2)N(C(=O)OC(C)(C)C)C(c2ccccc2)=C1. The molecule has 3 nitrogen and oxygen atoms in total. The molecule has 3 rings (SSSR count). The maximum absolute atomic E-state index is 13.1. The van der Waals surface area contributed by atoms with Crippen molar-refractivity contribution in [2.45, 2.75) is 33.3 Å². The van der Waals surface area contributed by atoms with Crippen molar-refractivity contribution in [3.05, 3.63) is 83.9 Å². The topological polar surface area (TPSA) is 29.5 Å². The number of ether oxygens (including phenoxy) is 1. The minimum absolute atomic E-state index is 0.207. The van der Waals surface area contributed by atoms with Gasteiger partial charge >= 0.3 is 6.09 Å². The summed E-state index contributed by atoms with van der Waals surface area (Å²) in [5.74, 6) is 0.207. The lowest BCUT2D eigenvalue weighted by atomic mass is 9.96. The largest absolute Gasteiger partial charge is 0.443 e. The lowest BCUT2D eigenvalue weighted by molar-refractivity contribution is 0.0424. The van der Waals surface area contributed by atoms with Crippen molar-refractivity contribution >= 4 is 17.5 Å². The predicted molar refractivity (Wildman–Crippen MR) is 106 cm³/mol. The molecule has 1 aliphatic heterocycles. The van der Waals surface area contributed by atoms with Crippen LogP contribution in [0.15, 0.2) is 72.8 Å². The summed E-state index contributed by atoms with van der Waals surface area (Å²) in [4.78, 5) is 14.8. The Morgan fingerprint density at radius 1 is 0.846 bits per heavy atom. The first-order valence-corrected chi connectivity index (χ1v) is 8.93. The molecule has 2 aromatic carbocycles. The molecule has 0 atom stereocenters. The van der Waals surface area contributed by atoms with Crippen LogP contribution in [-0.4, -0.2) is 16.6 Å². The van der Waals surface area contributed by atoms with Gasteiger partial charge in [0.1, 0.15) is 5.60 Å². The molecule has 0 aromatic heterocycles. The Balaban J connectivity index is 2.09. The minimum Gasteiger partial charge on any atom is -0.443 e. The first-order chi connectivity index (χ1) is 12.3. The molecule has 1 aliphatic rings. The Labute approximate surface area is 155 Å². The molecule has 0 saturated carbocycles. The van der Waals surface area contributed by atoms with Crippen LogP contribution in [0.3, 0.4) is 0 Å². The second-order valence-electron chi connectivity index (χ2n) is 7.51. The first-order valence-electron chi connectivity index (χ1n) is 8.93. The van der Waals surface area contributed by atoms with Crippen molar-refractivity contribution in [1.82, 2.24) is 4.90 Å². The highest BCUT2D eigenvalue weighted by atomic mass is 16.6. The van der Waals surface area contributed by atoms with Crippen molar-refractivity contribution < 1.29 is 9.53 Å². The molecule has 2 aromatic rings. The predicted octanol–water partition coefficient (Wildman–Crippen LogP) is 5.96. The number of rotatable bonds is 2. The maximum Gasteiger partial charge on any atom is 0.419 e. The number of amides is 1. The van der Waals surface area contributed by atoms with Gasteiger partial charge < -0.3 is 4.74 Å². The van der Waals surface area contributed by atoms with Gasteiger partial charge in [0, 0.05) is 0 Å². The Morgan fingerprint density at radius 3 is 1.65 bits per heavy atom. The normalized spacial score (nSPS) is 15.3. The van der Waals surface area contributed by atoms with Crippen molar-refractivity contribution in [2.75, 3.05) is 0 Å². The number of allylic oxidation sites excluding steroid dienone is 2. The highest BCUT2D eigenvalue weighted by Crippen LogP contribution is 2.36. The lowest BCUT2D eigenvalue weighted by Gasteiger charge is -2.34. The van der Waals surface area contributed by atoms with E-state index in [0.29, 0.717) is 0 Å². The standard InChI is InChI=1S/C23H25NO2/c1-17-15-20(18-11-7-5-8-12-18)24(22(25)26-23(2,3)4)21(16-17)19-13-9-6-10-14-19/h5-17H,1-4H3. The molecule has 0 unspecified atom stereocenters. The number of carbonyl (C=O) groups excluding carboxylic acids is 1. The summed E-state index contributed by atoms with van der Waals surface area (Å²) in [6, 6.07) is 19.9. The smallest absolute Gasteiger partial charge is 0.419 e. The summed E-state index contributed by atoms with van der Waals surface area (Å²) in [5.41, 5.74) is 3.13. The van der Waals surface area contributed by atoms with Crippen LogP contribution in [-0.2, 0) is 4.74 Å². The zero-order valence-electron chi connectivity index (χ0n) is 15.8. The van der Waals surface area contributed by atoms with E-state index in [1.54, 1.807) is 4.90 Å². The number of carbonyl (C=O) groups is 1. The van der Waals surface area contributed by atoms with Crippen molar-refractivity contribution in [3.63, 3.8) is 0 Å². The number of hydrogen-bond donors (Lipinski definition) is 0. The molecule has 0 aliphatic carbocycles. The van der Waals surface area contributed by atoms with Crippen LogP contribution in [0.2, 0.25) is 0 Å². The summed E-state index contributed by atoms with van der Waals surface area (Å²) < 4.78 is 5.72. The van der Waals surface area contributed by atoms with Crippen molar-refractivity contribution in [2.24, 2.45) is 5.92 Å². The average Bonchev–Trinajstić information content (AvgIpc) is 2.61. The molecule has 1 amide bonds. The fraction of sp³-hybridized carbons (Fsp3) is 0.261. The van der Waals surface area contributed by atoms with E-state index in [1.807, 2.05) is 81.4 Å². The molecular formula is C23H25NO2. The Bertz CT molecular complexity index is 772. The second-order valence-corrected chi connectivity index (χ2v) is 7.51. The van der Waals surface area contributed by atoms with Gasteiger partial charge in [0.2, 0.25) is 0 Å². The highest BCUT2D eigenvalue weighted by molar-refractivity contribution is 5.95. The maximum atomic E-state index is 13.1. The number of nitrogens with zero attached hydrogens (tertiary/aromatic N) is 1. The van der Waals surface area contributed by atoms with Crippen LogP contribution >= 0.6 is 0 Å². The van der Waals surface area contributed by atoms with Crippen molar-refractivity contribution in [1.29, 1.82) is 0 Å². The van der Waals surface area contributed by atoms with E-state index in [-0.39, 0.29) is 12.0 Å². The highest BCUT2D eigenvalue weighted by Gasteiger charge is 2.31. The first kappa shape index (κ1) is 18.0. The Hall–Kier alpha value is -2.81. The Kier molecular flexibility index (Phi) is 4.99. The van der Waals surface area contributed by atoms with E-state index in [4.69, 9.17) is 4.74 Å². The van der Waals surface area contributed by atoms with Gasteiger partial charge in [-0.2, -0.15) is 0 Å². The lowest BCUT2D eigenvalue weighted by Crippen LogP contribution is -2.36. The fourth-order valence-corrected chi connectivity index (χ4v) is 3.00. The molecule has 1 heterocycles. The second kappa shape index (κ2) is 7.20. The van der Waals surface area contributed by atoms with Gasteiger partial charge in [-0.3, -0.25) is 0 Å². The average molecular weight is 347 g/mol. The third-order valence-electron chi connectivity index (χ3n) is 4.04. The van der Waals surface area contributed by atoms with E-state index in [2.05, 4.69) is 19.1 Å². The van der Waals surface area contributed by atoms with E-state index >= 15 is 0 Å². The molecule has 0 saturated heterocycles. The molecule has 0 N–H and O–H groups in total. The molecule has 26 heavy (non-hydrogen) atoms. The van der Waals surface area contributed by atoms with Gasteiger partial charge in [0.15, 0.2) is 0 Å². The summed E-state index contributed by atoms with van der Waals surface area (Å²) in [6.45, 7) is 7.78. The number of hydrogen-bond acceptors (Lipinski definition) is 2. The third kappa shape index (κ3) is 4.05. The van der Waals surface area contributed by atoms with Gasteiger partial charge in [-0.25, -0.2) is 9.69 Å². The van der Waals surface area contributed by atoms with Gasteiger partial charge in [-0.1, -0.05) is 79.7 Å². The van der Waals surface area contributed by atoms with Gasteiger partial charge in [0.25, 0.3) is 0 Å². The van der Waals surface area contributed by atoms with Crippen LogP contribution in [0.25, 0.3) is 11.4 Å². The zero-order valence-corrected chi connectivity index (χ0v) is 15.8. The van der Waals surface area contributed by atoms with Crippen LogP contribution in [0.5, 0.6) is 0 Å². The monoisotopic (exact) mass is 347 g/mol. The van der Waals surface area contributed by atoms with Crippen LogP contribution in [0.4, 0.5) is 4.79 Å². The molecule has 0 spiro atoms. The molecule has 3 heteroatoms. The summed E-state index contributed by atoms with van der Waals surface area (Å²) in [5, 5.41) is 0. The fourth-order valence-electron chi connectivity index (χ4n) is 3.00. The van der Waals surface area contributed by atoms with Crippen LogP contribution < -0.4 is 0 Å². The van der Waals surface area contributed by atoms with Gasteiger partial charge in [-0.15, -0.1) is 0 Å². The molecule has 134 valence electrons. The minimum atomic E-state index is -0.566. The van der Waals surface area contributed by atoms with E-state index < -0.39 is 5.60 Å². The van der Waals surface area contributed by atoms with E-state index in [9.17, 15) is 4.79 Å². The summed E-state index contributed by atoms with van der Waals surface area (Å²) in [6.07, 6.45) is 3.84. The summed E-state index contributed by atoms with van der Waals surface area (Å²) >= 11 is 0. The quantitative estimate of drug-likeness (QED) is 0.671. The van der Waals surface area contributed by atoms with Crippen LogP contribution in [0.1, 0.15) is 38.8 Å². The van der Waals surface area contributed by atoms with E-state index in [0.717, 1.165) is 22.5 Å². The van der Waals surface area contributed by atoms with Crippen molar-refractivity contribution in [3.8, 4) is 0 Å². The molecule has 0 fully saturated rings. The van der Waals surface area contributed by atoms with Gasteiger partial charge in [0.05, 0.1) is 11.4 Å². The Morgan fingerprint density at radius 2 is 1.27 bits per heavy atom. The zero-order chi connectivity index (χ0) is 18.7. The molecule has 0 bridgehead atoms. The molecule has 0 radical (unpaired) electrons. The number of benzene rings is 2. The van der Waals surface area contributed by atoms with E-state index in [1.165, 1.54) is 0 Å². The molecular weight excluding hydrogens is 322 g/mol. The summed E-state index contributed by atoms with van der Waals surface area (Å²) in [7, 11) is 0. The van der Waals surface area contributed by atoms with Crippen LogP contribution in [0, 0.1) is 5.92 Å². The third-order valence-corrected chi connectivity index (χ3v) is 4.04. The van der Waals surface area contributed by atoms with Gasteiger partial charge in [-0.05, 0) is 37.8 Å².